The summed E-state index contributed by atoms with van der Waals surface area (Å²) in [6, 6.07) is 8.58. The number of halogens is 4. The summed E-state index contributed by atoms with van der Waals surface area (Å²) in [4.78, 5) is 24.7. The summed E-state index contributed by atoms with van der Waals surface area (Å²) in [7, 11) is 0. The number of hydrogen-bond donors (Lipinski definition) is 3. The monoisotopic (exact) mass is 382 g/mol. The number of benzene rings is 2. The van der Waals surface area contributed by atoms with E-state index in [0.29, 0.717) is 0 Å². The zero-order valence-electron chi connectivity index (χ0n) is 13.6. The zero-order valence-corrected chi connectivity index (χ0v) is 13.6. The Morgan fingerprint density at radius 3 is 2.33 bits per heavy atom. The second-order valence-electron chi connectivity index (χ2n) is 6.10. The van der Waals surface area contributed by atoms with Crippen LogP contribution in [0.25, 0.3) is 0 Å². The minimum Gasteiger partial charge on any atom is -0.363 e. The summed E-state index contributed by atoms with van der Waals surface area (Å²) in [5.41, 5.74) is -4.01. The molecule has 0 unspecified atom stereocenters. The van der Waals surface area contributed by atoms with Crippen LogP contribution < -0.4 is 10.6 Å². The number of aliphatic hydroxyl groups is 1. The molecule has 1 aliphatic rings. The van der Waals surface area contributed by atoms with Gasteiger partial charge in [0.15, 0.2) is 5.78 Å². The molecule has 27 heavy (non-hydrogen) atoms. The van der Waals surface area contributed by atoms with Gasteiger partial charge in [0.2, 0.25) is 5.72 Å². The highest BCUT2D eigenvalue weighted by molar-refractivity contribution is 6.00. The summed E-state index contributed by atoms with van der Waals surface area (Å²) < 4.78 is 54.6. The molecule has 2 aromatic carbocycles. The number of carbonyl (C=O) groups excluding carboxylic acids is 2. The molecule has 0 saturated carbocycles. The van der Waals surface area contributed by atoms with Crippen molar-refractivity contribution in [2.24, 2.45) is 5.92 Å². The third-order valence-electron chi connectivity index (χ3n) is 4.35. The Labute approximate surface area is 151 Å². The molecule has 9 heteroatoms. The lowest BCUT2D eigenvalue weighted by molar-refractivity contribution is -0.287. The van der Waals surface area contributed by atoms with Crippen molar-refractivity contribution in [1.82, 2.24) is 10.6 Å². The number of alkyl halides is 3. The molecule has 0 spiro atoms. The van der Waals surface area contributed by atoms with Gasteiger partial charge in [0, 0.05) is 5.56 Å². The van der Waals surface area contributed by atoms with Crippen molar-refractivity contribution in [2.45, 2.75) is 17.9 Å². The van der Waals surface area contributed by atoms with E-state index >= 15 is 0 Å². The molecule has 3 atom stereocenters. The molecule has 0 radical (unpaired) electrons. The predicted molar refractivity (Wildman–Crippen MR) is 86.1 cm³/mol. The lowest BCUT2D eigenvalue weighted by Gasteiger charge is -2.45. The van der Waals surface area contributed by atoms with Crippen molar-refractivity contribution in [3.8, 4) is 0 Å². The number of rotatable bonds is 3. The van der Waals surface area contributed by atoms with Crippen LogP contribution >= 0.6 is 0 Å². The number of ketones is 1. The fourth-order valence-corrected chi connectivity index (χ4v) is 3.10. The predicted octanol–water partition coefficient (Wildman–Crippen LogP) is 2.93. The van der Waals surface area contributed by atoms with Crippen LogP contribution in [0.1, 0.15) is 22.0 Å². The first kappa shape index (κ1) is 18.8. The number of urea groups is 1. The summed E-state index contributed by atoms with van der Waals surface area (Å²) in [5, 5.41) is 14.0. The van der Waals surface area contributed by atoms with E-state index in [2.05, 4.69) is 5.32 Å². The van der Waals surface area contributed by atoms with Crippen molar-refractivity contribution in [1.29, 1.82) is 0 Å². The molecule has 142 valence electrons. The summed E-state index contributed by atoms with van der Waals surface area (Å²) in [5.74, 6) is -4.00. The summed E-state index contributed by atoms with van der Waals surface area (Å²) in [6.45, 7) is 0. The van der Waals surface area contributed by atoms with E-state index in [9.17, 15) is 32.3 Å². The number of hydrogen-bond acceptors (Lipinski definition) is 3. The molecule has 2 amide bonds. The maximum absolute atomic E-state index is 13.7. The molecule has 2 aromatic rings. The van der Waals surface area contributed by atoms with Gasteiger partial charge in [0.05, 0.1) is 6.04 Å². The maximum Gasteiger partial charge on any atom is 0.437 e. The van der Waals surface area contributed by atoms with Crippen molar-refractivity contribution in [3.63, 3.8) is 0 Å². The first-order valence-electron chi connectivity index (χ1n) is 7.86. The SMILES string of the molecule is O=C1N[C@H](c2cccc(F)c2)[C@@H](C(=O)c2ccccc2)[C@@](O)(C(F)(F)F)N1. The molecule has 3 rings (SSSR count). The largest absolute Gasteiger partial charge is 0.437 e. The van der Waals surface area contributed by atoms with E-state index in [4.69, 9.17) is 0 Å². The van der Waals surface area contributed by atoms with Crippen LogP contribution in [0.3, 0.4) is 0 Å². The Hall–Kier alpha value is -2.94. The van der Waals surface area contributed by atoms with Gasteiger partial charge in [0.25, 0.3) is 0 Å². The Bertz CT molecular complexity index is 872. The average Bonchev–Trinajstić information content (AvgIpc) is 2.60. The Morgan fingerprint density at radius 1 is 1.07 bits per heavy atom. The highest BCUT2D eigenvalue weighted by Gasteiger charge is 2.66. The molecule has 0 aromatic heterocycles. The Morgan fingerprint density at radius 2 is 1.74 bits per heavy atom. The van der Waals surface area contributed by atoms with Crippen molar-refractivity contribution in [2.75, 3.05) is 0 Å². The number of carbonyl (C=O) groups is 2. The Balaban J connectivity index is 2.17. The molecule has 1 aliphatic heterocycles. The van der Waals surface area contributed by atoms with E-state index in [-0.39, 0.29) is 11.1 Å². The first-order chi connectivity index (χ1) is 12.6. The van der Waals surface area contributed by atoms with Crippen LogP contribution in [0.2, 0.25) is 0 Å². The Kier molecular flexibility index (Phi) is 4.64. The lowest BCUT2D eigenvalue weighted by atomic mass is 9.77. The minimum absolute atomic E-state index is 0.0817. The standard InChI is InChI=1S/C18H14F4N2O3/c19-12-8-4-7-11(9-12)14-13(15(25)10-5-2-1-3-6-10)17(27,18(20,21)22)24-16(26)23-14/h1-9,13-14,27H,(H2,23,24,26)/t13-,14+,17+/m0/s1. The molecule has 3 N–H and O–H groups in total. The van der Waals surface area contributed by atoms with Crippen molar-refractivity contribution < 1.29 is 32.3 Å². The van der Waals surface area contributed by atoms with Crippen LogP contribution in [0.4, 0.5) is 22.4 Å². The van der Waals surface area contributed by atoms with E-state index in [1.54, 1.807) is 6.07 Å². The van der Waals surface area contributed by atoms with Gasteiger partial charge in [-0.2, -0.15) is 13.2 Å². The molecule has 5 nitrogen and oxygen atoms in total. The topological polar surface area (TPSA) is 78.4 Å². The third-order valence-corrected chi connectivity index (χ3v) is 4.35. The van der Waals surface area contributed by atoms with Gasteiger partial charge in [-0.1, -0.05) is 42.5 Å². The van der Waals surface area contributed by atoms with Gasteiger partial charge in [0.1, 0.15) is 11.7 Å². The maximum atomic E-state index is 13.7. The summed E-state index contributed by atoms with van der Waals surface area (Å²) >= 11 is 0. The van der Waals surface area contributed by atoms with E-state index in [1.807, 2.05) is 0 Å². The van der Waals surface area contributed by atoms with Gasteiger partial charge < -0.3 is 15.7 Å². The zero-order chi connectivity index (χ0) is 19.8. The van der Waals surface area contributed by atoms with E-state index < -0.39 is 41.5 Å². The van der Waals surface area contributed by atoms with Gasteiger partial charge in [-0.25, -0.2) is 9.18 Å². The fraction of sp³-hybridized carbons (Fsp3) is 0.222. The lowest BCUT2D eigenvalue weighted by Crippen LogP contribution is -2.72. The molecule has 0 bridgehead atoms. The number of nitrogens with one attached hydrogen (secondary N) is 2. The second-order valence-corrected chi connectivity index (χ2v) is 6.10. The molecule has 1 heterocycles. The quantitative estimate of drug-likeness (QED) is 0.564. The number of amides is 2. The van der Waals surface area contributed by atoms with Crippen LogP contribution in [0.5, 0.6) is 0 Å². The fourth-order valence-electron chi connectivity index (χ4n) is 3.10. The smallest absolute Gasteiger partial charge is 0.363 e. The molecular weight excluding hydrogens is 368 g/mol. The molecule has 1 saturated heterocycles. The second kappa shape index (κ2) is 6.66. The normalized spacial score (nSPS) is 25.4. The van der Waals surface area contributed by atoms with Crippen LogP contribution in [0, 0.1) is 11.7 Å². The van der Waals surface area contributed by atoms with Crippen LogP contribution in [-0.4, -0.2) is 28.8 Å². The molecule has 0 aliphatic carbocycles. The molecular formula is C18H14F4N2O3. The van der Waals surface area contributed by atoms with Gasteiger partial charge in [-0.3, -0.25) is 4.79 Å². The average molecular weight is 382 g/mol. The van der Waals surface area contributed by atoms with Crippen molar-refractivity contribution in [3.05, 3.63) is 71.5 Å². The first-order valence-corrected chi connectivity index (χ1v) is 7.86. The number of Topliss-reactive ketones (excluding diaryl/α,β-unsaturated/α-hetero) is 1. The van der Waals surface area contributed by atoms with Gasteiger partial charge >= 0.3 is 12.2 Å². The van der Waals surface area contributed by atoms with Gasteiger partial charge in [-0.15, -0.1) is 0 Å². The highest BCUT2D eigenvalue weighted by Crippen LogP contribution is 2.43. The van der Waals surface area contributed by atoms with E-state index in [1.165, 1.54) is 41.7 Å². The minimum atomic E-state index is -5.36. The van der Waals surface area contributed by atoms with Crippen molar-refractivity contribution >= 4 is 11.8 Å². The van der Waals surface area contributed by atoms with Gasteiger partial charge in [-0.05, 0) is 17.7 Å². The van der Waals surface area contributed by atoms with E-state index in [0.717, 1.165) is 12.1 Å². The molecule has 1 fully saturated rings. The van der Waals surface area contributed by atoms with Crippen LogP contribution in [0.15, 0.2) is 54.6 Å². The van der Waals surface area contributed by atoms with Crippen LogP contribution in [-0.2, 0) is 0 Å². The highest BCUT2D eigenvalue weighted by atomic mass is 19.4. The third kappa shape index (κ3) is 3.37. The summed E-state index contributed by atoms with van der Waals surface area (Å²) in [6.07, 6.45) is -5.36.